The summed E-state index contributed by atoms with van der Waals surface area (Å²) in [6.45, 7) is 2.63. The minimum atomic E-state index is 0.586. The third-order valence-corrected chi connectivity index (χ3v) is 3.21. The van der Waals surface area contributed by atoms with Gasteiger partial charge in [-0.3, -0.25) is 4.68 Å². The summed E-state index contributed by atoms with van der Waals surface area (Å²) >= 11 is 3.48. The molecule has 18 heavy (non-hydrogen) atoms. The van der Waals surface area contributed by atoms with Crippen LogP contribution in [-0.4, -0.2) is 19.7 Å². The van der Waals surface area contributed by atoms with Crippen molar-refractivity contribution in [2.45, 2.75) is 13.5 Å². The maximum atomic E-state index is 5.63. The number of nitrogens with two attached hydrogens (primary N) is 1. The smallest absolute Gasteiger partial charge is 0.129 e. The summed E-state index contributed by atoms with van der Waals surface area (Å²) in [5.41, 5.74) is 9.45. The molecular weight excluding hydrogens is 294 g/mol. The lowest BCUT2D eigenvalue weighted by atomic mass is 10.2. The molecule has 3 aromatic rings. The van der Waals surface area contributed by atoms with Gasteiger partial charge in [0.15, 0.2) is 0 Å². The van der Waals surface area contributed by atoms with Gasteiger partial charge in [-0.05, 0) is 24.6 Å². The van der Waals surface area contributed by atoms with Gasteiger partial charge in [-0.2, -0.15) is 5.10 Å². The summed E-state index contributed by atoms with van der Waals surface area (Å²) in [4.78, 5) is 7.87. The summed E-state index contributed by atoms with van der Waals surface area (Å²) in [6, 6.07) is 4.08. The van der Waals surface area contributed by atoms with Crippen LogP contribution in [0, 0.1) is 6.92 Å². The quantitative estimate of drug-likeness (QED) is 0.764. The first-order chi connectivity index (χ1) is 8.61. The lowest BCUT2D eigenvalue weighted by Crippen LogP contribution is -2.01. The van der Waals surface area contributed by atoms with Gasteiger partial charge in [0, 0.05) is 10.7 Å². The van der Waals surface area contributed by atoms with Crippen molar-refractivity contribution < 1.29 is 0 Å². The zero-order valence-electron chi connectivity index (χ0n) is 9.81. The van der Waals surface area contributed by atoms with Gasteiger partial charge < -0.3 is 10.7 Å². The highest BCUT2D eigenvalue weighted by molar-refractivity contribution is 9.10. The highest BCUT2D eigenvalue weighted by Gasteiger charge is 2.07. The van der Waals surface area contributed by atoms with Gasteiger partial charge in [0.1, 0.15) is 5.82 Å². The van der Waals surface area contributed by atoms with Gasteiger partial charge in [0.2, 0.25) is 0 Å². The van der Waals surface area contributed by atoms with E-state index in [9.17, 15) is 0 Å². The molecule has 6 heteroatoms. The number of anilines is 1. The number of H-pyrrole nitrogens is 1. The van der Waals surface area contributed by atoms with E-state index in [1.807, 2.05) is 13.0 Å². The van der Waals surface area contributed by atoms with Crippen LogP contribution in [0.4, 0.5) is 5.69 Å². The standard InChI is InChI=1S/C12H12BrN5/c1-7-2-8(13)3-10-12(7)17-11(16-10)6-18-5-9(14)4-15-18/h2-5H,6,14H2,1H3,(H,16,17). The van der Waals surface area contributed by atoms with Gasteiger partial charge >= 0.3 is 0 Å². The lowest BCUT2D eigenvalue weighted by molar-refractivity contribution is 0.663. The Kier molecular flexibility index (Phi) is 2.59. The Labute approximate surface area is 112 Å². The Bertz CT molecular complexity index is 712. The van der Waals surface area contributed by atoms with Gasteiger partial charge in [0.05, 0.1) is 29.5 Å². The van der Waals surface area contributed by atoms with Gasteiger partial charge in [-0.1, -0.05) is 15.9 Å². The molecule has 0 saturated carbocycles. The van der Waals surface area contributed by atoms with Gasteiger partial charge in [0.25, 0.3) is 0 Å². The molecule has 0 radical (unpaired) electrons. The van der Waals surface area contributed by atoms with Crippen LogP contribution in [0.5, 0.6) is 0 Å². The number of fused-ring (bicyclic) bond motifs is 1. The van der Waals surface area contributed by atoms with Crippen LogP contribution in [0.25, 0.3) is 11.0 Å². The van der Waals surface area contributed by atoms with Crippen molar-refractivity contribution in [3.05, 3.63) is 40.4 Å². The highest BCUT2D eigenvalue weighted by Crippen LogP contribution is 2.22. The molecule has 0 amide bonds. The Balaban J connectivity index is 2.01. The summed E-state index contributed by atoms with van der Waals surface area (Å²) in [5, 5.41) is 4.14. The molecule has 0 spiro atoms. The van der Waals surface area contributed by atoms with E-state index in [2.05, 4.69) is 37.1 Å². The summed E-state index contributed by atoms with van der Waals surface area (Å²) < 4.78 is 2.81. The number of rotatable bonds is 2. The van der Waals surface area contributed by atoms with E-state index in [1.165, 1.54) is 0 Å². The van der Waals surface area contributed by atoms with Crippen molar-refractivity contribution in [1.82, 2.24) is 19.7 Å². The number of imidazole rings is 1. The first-order valence-corrected chi connectivity index (χ1v) is 6.34. The van der Waals surface area contributed by atoms with Gasteiger partial charge in [-0.25, -0.2) is 4.98 Å². The van der Waals surface area contributed by atoms with Crippen molar-refractivity contribution in [2.75, 3.05) is 5.73 Å². The second kappa shape index (κ2) is 4.13. The normalized spacial score (nSPS) is 11.2. The summed E-state index contributed by atoms with van der Waals surface area (Å²) in [7, 11) is 0. The van der Waals surface area contributed by atoms with E-state index < -0.39 is 0 Å². The van der Waals surface area contributed by atoms with Crippen molar-refractivity contribution in [3.63, 3.8) is 0 Å². The topological polar surface area (TPSA) is 72.5 Å². The van der Waals surface area contributed by atoms with E-state index in [-0.39, 0.29) is 0 Å². The van der Waals surface area contributed by atoms with E-state index in [0.29, 0.717) is 12.2 Å². The number of hydrogen-bond donors (Lipinski definition) is 2. The zero-order chi connectivity index (χ0) is 12.7. The summed E-state index contributed by atoms with van der Waals surface area (Å²) in [6.07, 6.45) is 3.42. The number of hydrogen-bond acceptors (Lipinski definition) is 3. The number of halogens is 1. The van der Waals surface area contributed by atoms with Crippen molar-refractivity contribution in [3.8, 4) is 0 Å². The Morgan fingerprint density at radius 2 is 2.28 bits per heavy atom. The SMILES string of the molecule is Cc1cc(Br)cc2[nH]c(Cn3cc(N)cn3)nc12. The van der Waals surface area contributed by atoms with E-state index >= 15 is 0 Å². The number of nitrogens with zero attached hydrogens (tertiary/aromatic N) is 3. The molecule has 1 aromatic carbocycles. The lowest BCUT2D eigenvalue weighted by Gasteiger charge is -1.95. The van der Waals surface area contributed by atoms with Crippen LogP contribution < -0.4 is 5.73 Å². The number of nitrogens with one attached hydrogen (secondary N) is 1. The Morgan fingerprint density at radius 3 is 3.00 bits per heavy atom. The van der Waals surface area contributed by atoms with Crippen molar-refractivity contribution in [1.29, 1.82) is 0 Å². The Morgan fingerprint density at radius 1 is 1.44 bits per heavy atom. The molecule has 2 heterocycles. The van der Waals surface area contributed by atoms with Crippen LogP contribution in [-0.2, 0) is 6.54 Å². The first-order valence-electron chi connectivity index (χ1n) is 5.54. The fourth-order valence-electron chi connectivity index (χ4n) is 1.99. The molecule has 0 fully saturated rings. The second-order valence-corrected chi connectivity index (χ2v) is 5.19. The van der Waals surface area contributed by atoms with E-state index in [0.717, 1.165) is 26.9 Å². The third-order valence-electron chi connectivity index (χ3n) is 2.76. The van der Waals surface area contributed by atoms with Crippen LogP contribution in [0.1, 0.15) is 11.4 Å². The highest BCUT2D eigenvalue weighted by atomic mass is 79.9. The second-order valence-electron chi connectivity index (χ2n) is 4.27. The molecule has 0 aliphatic carbocycles. The fraction of sp³-hybridized carbons (Fsp3) is 0.167. The molecule has 0 bridgehead atoms. The molecule has 5 nitrogen and oxygen atoms in total. The first kappa shape index (κ1) is 11.3. The van der Waals surface area contributed by atoms with Crippen LogP contribution >= 0.6 is 15.9 Å². The molecule has 0 saturated heterocycles. The minimum absolute atomic E-state index is 0.586. The molecule has 3 rings (SSSR count). The van der Waals surface area contributed by atoms with Gasteiger partial charge in [-0.15, -0.1) is 0 Å². The molecule has 2 aromatic heterocycles. The number of aryl methyl sites for hydroxylation is 1. The average Bonchev–Trinajstić information content (AvgIpc) is 2.85. The van der Waals surface area contributed by atoms with Crippen LogP contribution in [0.3, 0.4) is 0 Å². The molecule has 0 atom stereocenters. The maximum Gasteiger partial charge on any atom is 0.129 e. The molecule has 92 valence electrons. The average molecular weight is 306 g/mol. The van der Waals surface area contributed by atoms with Crippen molar-refractivity contribution in [2.24, 2.45) is 0 Å². The number of benzene rings is 1. The maximum absolute atomic E-state index is 5.63. The predicted octanol–water partition coefficient (Wildman–Crippen LogP) is 2.46. The summed E-state index contributed by atoms with van der Waals surface area (Å²) in [5.74, 6) is 0.870. The van der Waals surface area contributed by atoms with Crippen LogP contribution in [0.15, 0.2) is 29.0 Å². The Hall–Kier alpha value is -1.82. The number of aromatic amines is 1. The zero-order valence-corrected chi connectivity index (χ0v) is 11.4. The van der Waals surface area contributed by atoms with Crippen LogP contribution in [0.2, 0.25) is 0 Å². The van der Waals surface area contributed by atoms with E-state index in [4.69, 9.17) is 5.73 Å². The molecular formula is C12H12BrN5. The number of aromatic nitrogens is 4. The molecule has 3 N–H and O–H groups in total. The predicted molar refractivity (Wildman–Crippen MR) is 74.3 cm³/mol. The third kappa shape index (κ3) is 1.99. The molecule has 0 aliphatic rings. The molecule has 0 aliphatic heterocycles. The fourth-order valence-corrected chi connectivity index (χ4v) is 2.56. The van der Waals surface area contributed by atoms with E-state index in [1.54, 1.807) is 17.1 Å². The number of nitrogen functional groups attached to an aromatic ring is 1. The largest absolute Gasteiger partial charge is 0.396 e. The minimum Gasteiger partial charge on any atom is -0.396 e. The molecule has 0 unspecified atom stereocenters. The monoisotopic (exact) mass is 305 g/mol. The van der Waals surface area contributed by atoms with Crippen molar-refractivity contribution >= 4 is 32.7 Å².